The van der Waals surface area contributed by atoms with Gasteiger partial charge >= 0.3 is 12.3 Å². The van der Waals surface area contributed by atoms with Crippen LogP contribution in [0, 0.1) is 0 Å². The van der Waals surface area contributed by atoms with Crippen LogP contribution in [0.25, 0.3) is 0 Å². The summed E-state index contributed by atoms with van der Waals surface area (Å²) in [5.41, 5.74) is -0.913. The average Bonchev–Trinajstić information content (AvgIpc) is 2.65. The van der Waals surface area contributed by atoms with Gasteiger partial charge in [-0.1, -0.05) is 18.2 Å². The molecular weight excluding hydrogens is 407 g/mol. The van der Waals surface area contributed by atoms with Gasteiger partial charge in [-0.2, -0.15) is 13.2 Å². The Morgan fingerprint density at radius 2 is 1.97 bits per heavy atom. The van der Waals surface area contributed by atoms with Crippen molar-refractivity contribution in [2.75, 3.05) is 40.3 Å². The van der Waals surface area contributed by atoms with E-state index in [1.54, 1.807) is 11.0 Å². The molecule has 5 nitrogen and oxygen atoms in total. The van der Waals surface area contributed by atoms with E-state index in [2.05, 4.69) is 10.2 Å². The first-order valence-electron chi connectivity index (χ1n) is 10.8. The van der Waals surface area contributed by atoms with Gasteiger partial charge in [0.05, 0.1) is 5.56 Å². The average molecular weight is 444 g/mol. The predicted octanol–water partition coefficient (Wildman–Crippen LogP) is 4.56. The van der Waals surface area contributed by atoms with Gasteiger partial charge in [0.25, 0.3) is 0 Å². The number of carbonyl (C=O) groups is 1. The molecule has 2 rings (SSSR count). The number of amides is 1. The number of alkyl halides is 3. The van der Waals surface area contributed by atoms with Crippen LogP contribution in [0.4, 0.5) is 18.0 Å². The van der Waals surface area contributed by atoms with Crippen molar-refractivity contribution in [2.45, 2.75) is 63.8 Å². The second-order valence-corrected chi connectivity index (χ2v) is 9.71. The number of likely N-dealkylation sites (tertiary alicyclic amines) is 1. The van der Waals surface area contributed by atoms with Gasteiger partial charge in [0.2, 0.25) is 0 Å². The highest BCUT2D eigenvalue weighted by molar-refractivity contribution is 5.68. The summed E-state index contributed by atoms with van der Waals surface area (Å²) in [4.78, 5) is 16.5. The number of benzene rings is 1. The van der Waals surface area contributed by atoms with Crippen LogP contribution in [-0.2, 0) is 17.3 Å². The SMILES string of the molecule is CN(C)CCNC1(CCc2cccc(C(F)(F)F)c2)CCCN(C(=O)OC(C)(C)C)C1. The lowest BCUT2D eigenvalue weighted by Crippen LogP contribution is -2.59. The lowest BCUT2D eigenvalue weighted by atomic mass is 9.83. The molecule has 1 atom stereocenters. The van der Waals surface area contributed by atoms with Crippen molar-refractivity contribution in [1.82, 2.24) is 15.1 Å². The fourth-order valence-electron chi connectivity index (χ4n) is 3.88. The quantitative estimate of drug-likeness (QED) is 0.671. The summed E-state index contributed by atoms with van der Waals surface area (Å²) >= 11 is 0. The Kier molecular flexibility index (Phi) is 8.39. The molecule has 0 aromatic heterocycles. The number of hydrogen-bond donors (Lipinski definition) is 1. The van der Waals surface area contributed by atoms with Crippen LogP contribution in [0.3, 0.4) is 0 Å². The zero-order valence-electron chi connectivity index (χ0n) is 19.3. The van der Waals surface area contributed by atoms with Gasteiger partial charge in [0.1, 0.15) is 5.60 Å². The number of rotatable bonds is 7. The molecule has 8 heteroatoms. The molecule has 1 aromatic carbocycles. The van der Waals surface area contributed by atoms with Gasteiger partial charge in [-0.05, 0) is 72.2 Å². The monoisotopic (exact) mass is 443 g/mol. The number of halogens is 3. The molecule has 1 aliphatic rings. The molecule has 1 aliphatic heterocycles. The molecule has 0 bridgehead atoms. The highest BCUT2D eigenvalue weighted by Crippen LogP contribution is 2.31. The first-order chi connectivity index (χ1) is 14.3. The number of carbonyl (C=O) groups excluding carboxylic acids is 1. The van der Waals surface area contributed by atoms with Crippen LogP contribution in [0.2, 0.25) is 0 Å². The Morgan fingerprint density at radius 3 is 2.58 bits per heavy atom. The fraction of sp³-hybridized carbons (Fsp3) is 0.696. The van der Waals surface area contributed by atoms with E-state index in [-0.39, 0.29) is 11.6 Å². The van der Waals surface area contributed by atoms with E-state index in [1.165, 1.54) is 12.1 Å². The number of piperidine rings is 1. The van der Waals surface area contributed by atoms with Crippen molar-refractivity contribution in [3.05, 3.63) is 35.4 Å². The minimum absolute atomic E-state index is 0.343. The van der Waals surface area contributed by atoms with Crippen molar-refractivity contribution in [1.29, 1.82) is 0 Å². The molecule has 1 saturated heterocycles. The highest BCUT2D eigenvalue weighted by Gasteiger charge is 2.38. The Balaban J connectivity index is 2.14. The van der Waals surface area contributed by atoms with Crippen LogP contribution >= 0.6 is 0 Å². The summed E-state index contributed by atoms with van der Waals surface area (Å²) in [6, 6.07) is 5.51. The maximum atomic E-state index is 13.1. The second kappa shape index (κ2) is 10.2. The largest absolute Gasteiger partial charge is 0.444 e. The Bertz CT molecular complexity index is 732. The van der Waals surface area contributed by atoms with Crippen molar-refractivity contribution < 1.29 is 22.7 Å². The first kappa shape index (κ1) is 25.5. The standard InChI is InChI=1S/C23H36F3N3O2/c1-21(2,3)31-20(30)29-14-7-11-22(17-29,27-13-15-28(4)5)12-10-18-8-6-9-19(16-18)23(24,25)26/h6,8-9,16,27H,7,10-15,17H2,1-5H3. The molecule has 1 N–H and O–H groups in total. The van der Waals surface area contributed by atoms with Gasteiger partial charge in [-0.3, -0.25) is 0 Å². The minimum Gasteiger partial charge on any atom is -0.444 e. The van der Waals surface area contributed by atoms with E-state index in [1.807, 2.05) is 34.9 Å². The highest BCUT2D eigenvalue weighted by atomic mass is 19.4. The number of aryl methyl sites for hydroxylation is 1. The fourth-order valence-corrected chi connectivity index (χ4v) is 3.88. The summed E-state index contributed by atoms with van der Waals surface area (Å²) in [5.74, 6) is 0. The molecule has 0 spiro atoms. The van der Waals surface area contributed by atoms with Crippen LogP contribution in [-0.4, -0.2) is 67.3 Å². The van der Waals surface area contributed by atoms with Crippen LogP contribution in [0.15, 0.2) is 24.3 Å². The topological polar surface area (TPSA) is 44.8 Å². The lowest BCUT2D eigenvalue weighted by molar-refractivity contribution is -0.137. The number of likely N-dealkylation sites (N-methyl/N-ethyl adjacent to an activating group) is 1. The summed E-state index contributed by atoms with van der Waals surface area (Å²) in [6.07, 6.45) is -1.88. The van der Waals surface area contributed by atoms with Crippen LogP contribution in [0.5, 0.6) is 0 Å². The number of nitrogens with zero attached hydrogens (tertiary/aromatic N) is 2. The number of ether oxygens (including phenoxy) is 1. The number of nitrogens with one attached hydrogen (secondary N) is 1. The maximum Gasteiger partial charge on any atom is 0.416 e. The van der Waals surface area contributed by atoms with Crippen LogP contribution in [0.1, 0.15) is 51.2 Å². The summed E-state index contributed by atoms with van der Waals surface area (Å²) in [5, 5.41) is 3.62. The smallest absolute Gasteiger partial charge is 0.416 e. The van der Waals surface area contributed by atoms with Gasteiger partial charge < -0.3 is 19.9 Å². The molecule has 0 aliphatic carbocycles. The summed E-state index contributed by atoms with van der Waals surface area (Å²) in [6.45, 7) is 8.18. The zero-order chi connectivity index (χ0) is 23.3. The third-order valence-electron chi connectivity index (χ3n) is 5.43. The predicted molar refractivity (Wildman–Crippen MR) is 116 cm³/mol. The van der Waals surface area contributed by atoms with Gasteiger partial charge in [-0.25, -0.2) is 4.79 Å². The van der Waals surface area contributed by atoms with E-state index < -0.39 is 17.3 Å². The Hall–Kier alpha value is -1.80. The van der Waals surface area contributed by atoms with E-state index in [0.717, 1.165) is 32.0 Å². The van der Waals surface area contributed by atoms with Crippen molar-refractivity contribution in [2.24, 2.45) is 0 Å². The molecule has 0 radical (unpaired) electrons. The second-order valence-electron chi connectivity index (χ2n) is 9.71. The third kappa shape index (κ3) is 8.33. The lowest BCUT2D eigenvalue weighted by Gasteiger charge is -2.44. The van der Waals surface area contributed by atoms with Crippen molar-refractivity contribution >= 4 is 6.09 Å². The van der Waals surface area contributed by atoms with Gasteiger partial charge in [0.15, 0.2) is 0 Å². The Labute approximate surface area is 183 Å². The molecule has 1 aromatic rings. The van der Waals surface area contributed by atoms with Crippen molar-refractivity contribution in [3.8, 4) is 0 Å². The van der Waals surface area contributed by atoms with E-state index >= 15 is 0 Å². The normalized spacial score (nSPS) is 20.2. The zero-order valence-corrected chi connectivity index (χ0v) is 19.3. The van der Waals surface area contributed by atoms with Crippen LogP contribution < -0.4 is 5.32 Å². The Morgan fingerprint density at radius 1 is 1.26 bits per heavy atom. The molecule has 31 heavy (non-hydrogen) atoms. The molecular formula is C23H36F3N3O2. The molecule has 176 valence electrons. The number of hydrogen-bond acceptors (Lipinski definition) is 4. The van der Waals surface area contributed by atoms with Gasteiger partial charge in [-0.15, -0.1) is 0 Å². The van der Waals surface area contributed by atoms with E-state index in [4.69, 9.17) is 4.74 Å². The first-order valence-corrected chi connectivity index (χ1v) is 10.8. The molecule has 1 heterocycles. The molecule has 1 fully saturated rings. The maximum absolute atomic E-state index is 13.1. The van der Waals surface area contributed by atoms with E-state index in [0.29, 0.717) is 31.5 Å². The summed E-state index contributed by atoms with van der Waals surface area (Å²) in [7, 11) is 3.98. The van der Waals surface area contributed by atoms with E-state index in [9.17, 15) is 18.0 Å². The van der Waals surface area contributed by atoms with Crippen molar-refractivity contribution in [3.63, 3.8) is 0 Å². The molecule has 1 amide bonds. The van der Waals surface area contributed by atoms with Gasteiger partial charge in [0, 0.05) is 31.7 Å². The minimum atomic E-state index is -4.35. The summed E-state index contributed by atoms with van der Waals surface area (Å²) < 4.78 is 44.8. The third-order valence-corrected chi connectivity index (χ3v) is 5.43. The molecule has 0 saturated carbocycles. The molecule has 1 unspecified atom stereocenters.